The van der Waals surface area contributed by atoms with Crippen LogP contribution in [-0.4, -0.2) is 11.7 Å². The van der Waals surface area contributed by atoms with E-state index in [-0.39, 0.29) is 11.7 Å². The van der Waals surface area contributed by atoms with Crippen LogP contribution in [0.15, 0.2) is 47.9 Å². The van der Waals surface area contributed by atoms with E-state index in [1.807, 2.05) is 35.7 Å². The van der Waals surface area contributed by atoms with Crippen molar-refractivity contribution in [1.29, 1.82) is 0 Å². The van der Waals surface area contributed by atoms with Crippen molar-refractivity contribution in [3.63, 3.8) is 0 Å². The number of ketones is 1. The lowest BCUT2D eigenvalue weighted by molar-refractivity contribution is -0.112. The van der Waals surface area contributed by atoms with Crippen LogP contribution in [0, 0.1) is 0 Å². The normalized spacial score (nSPS) is 10.7. The van der Waals surface area contributed by atoms with Crippen LogP contribution in [0.25, 0.3) is 6.08 Å². The predicted molar refractivity (Wildman–Crippen MR) is 81.6 cm³/mol. The number of rotatable bonds is 5. The van der Waals surface area contributed by atoms with Gasteiger partial charge in [-0.2, -0.15) is 0 Å². The number of thiophene rings is 1. The zero-order valence-electron chi connectivity index (χ0n) is 11.1. The lowest BCUT2D eigenvalue weighted by Gasteiger charge is -2.04. The summed E-state index contributed by atoms with van der Waals surface area (Å²) in [7, 11) is 0. The van der Waals surface area contributed by atoms with Gasteiger partial charge in [0.05, 0.1) is 5.56 Å². The molecule has 0 unspecified atom stereocenters. The number of hydrogen-bond donors (Lipinski definition) is 1. The molecule has 2 rings (SSSR count). The molecule has 0 saturated heterocycles. The van der Waals surface area contributed by atoms with E-state index >= 15 is 0 Å². The third-order valence-electron chi connectivity index (χ3n) is 2.71. The van der Waals surface area contributed by atoms with E-state index in [2.05, 4.69) is 5.32 Å². The number of carbonyl (C=O) groups is 2. The van der Waals surface area contributed by atoms with Gasteiger partial charge in [0.1, 0.15) is 0 Å². The summed E-state index contributed by atoms with van der Waals surface area (Å²) in [6.07, 6.45) is 3.16. The Labute approximate surface area is 122 Å². The largest absolute Gasteiger partial charge is 0.348 e. The van der Waals surface area contributed by atoms with Gasteiger partial charge in [0.15, 0.2) is 5.78 Å². The van der Waals surface area contributed by atoms with Crippen molar-refractivity contribution in [2.45, 2.75) is 13.5 Å². The number of allylic oxidation sites excluding steroid dienone is 1. The van der Waals surface area contributed by atoms with Crippen molar-refractivity contribution < 1.29 is 9.59 Å². The van der Waals surface area contributed by atoms with Crippen molar-refractivity contribution in [1.82, 2.24) is 5.32 Å². The summed E-state index contributed by atoms with van der Waals surface area (Å²) in [5.41, 5.74) is 1.65. The molecule has 1 aromatic carbocycles. The second kappa shape index (κ2) is 6.82. The number of nitrogens with one attached hydrogen (secondary N) is 1. The molecule has 0 aliphatic heterocycles. The SMILES string of the molecule is CC(=O)/C=C/c1sccc1C(=O)NCc1ccccc1. The molecule has 2 aromatic rings. The highest BCUT2D eigenvalue weighted by atomic mass is 32.1. The van der Waals surface area contributed by atoms with E-state index in [4.69, 9.17) is 0 Å². The lowest BCUT2D eigenvalue weighted by atomic mass is 10.2. The van der Waals surface area contributed by atoms with Crippen molar-refractivity contribution in [2.24, 2.45) is 0 Å². The van der Waals surface area contributed by atoms with Gasteiger partial charge in [0.2, 0.25) is 0 Å². The maximum absolute atomic E-state index is 12.1. The molecule has 1 aromatic heterocycles. The molecular formula is C16H15NO2S. The van der Waals surface area contributed by atoms with E-state index in [0.29, 0.717) is 12.1 Å². The molecule has 0 bridgehead atoms. The Hall–Kier alpha value is -2.20. The maximum Gasteiger partial charge on any atom is 0.253 e. The average Bonchev–Trinajstić information content (AvgIpc) is 2.92. The molecule has 1 amide bonds. The summed E-state index contributed by atoms with van der Waals surface area (Å²) >= 11 is 1.44. The van der Waals surface area contributed by atoms with Crippen LogP contribution in [0.2, 0.25) is 0 Å². The molecule has 0 atom stereocenters. The molecule has 4 heteroatoms. The van der Waals surface area contributed by atoms with E-state index < -0.39 is 0 Å². The minimum atomic E-state index is -0.127. The standard InChI is InChI=1S/C16H15NO2S/c1-12(18)7-8-15-14(9-10-20-15)16(19)17-11-13-5-3-2-4-6-13/h2-10H,11H2,1H3,(H,17,19)/b8-7+. The van der Waals surface area contributed by atoms with Gasteiger partial charge in [-0.05, 0) is 36.1 Å². The molecule has 0 fully saturated rings. The Balaban J connectivity index is 2.03. The van der Waals surface area contributed by atoms with Crippen molar-refractivity contribution in [3.8, 4) is 0 Å². The first kappa shape index (κ1) is 14.2. The quantitative estimate of drug-likeness (QED) is 0.857. The predicted octanol–water partition coefficient (Wildman–Crippen LogP) is 3.28. The Morgan fingerprint density at radius 1 is 1.20 bits per heavy atom. The number of amides is 1. The van der Waals surface area contributed by atoms with Gasteiger partial charge in [-0.25, -0.2) is 0 Å². The third-order valence-corrected chi connectivity index (χ3v) is 3.59. The van der Waals surface area contributed by atoms with Crippen LogP contribution in [-0.2, 0) is 11.3 Å². The summed E-state index contributed by atoms with van der Waals surface area (Å²) in [5.74, 6) is -0.160. The molecular weight excluding hydrogens is 270 g/mol. The van der Waals surface area contributed by atoms with Crippen LogP contribution in [0.5, 0.6) is 0 Å². The zero-order valence-corrected chi connectivity index (χ0v) is 11.9. The Morgan fingerprint density at radius 2 is 1.95 bits per heavy atom. The smallest absolute Gasteiger partial charge is 0.253 e. The fraction of sp³-hybridized carbons (Fsp3) is 0.125. The van der Waals surface area contributed by atoms with Crippen LogP contribution in [0.1, 0.15) is 27.7 Å². The molecule has 0 aliphatic carbocycles. The topological polar surface area (TPSA) is 46.2 Å². The molecule has 0 saturated carbocycles. The minimum Gasteiger partial charge on any atom is -0.348 e. The van der Waals surface area contributed by atoms with Crippen LogP contribution < -0.4 is 5.32 Å². The van der Waals surface area contributed by atoms with E-state index in [9.17, 15) is 9.59 Å². The number of carbonyl (C=O) groups excluding carboxylic acids is 2. The number of hydrogen-bond acceptors (Lipinski definition) is 3. The fourth-order valence-electron chi connectivity index (χ4n) is 1.70. The van der Waals surface area contributed by atoms with E-state index in [1.165, 1.54) is 24.3 Å². The molecule has 20 heavy (non-hydrogen) atoms. The molecule has 0 aliphatic rings. The first-order chi connectivity index (χ1) is 9.66. The highest BCUT2D eigenvalue weighted by molar-refractivity contribution is 7.11. The molecule has 1 N–H and O–H groups in total. The summed E-state index contributed by atoms with van der Waals surface area (Å²) in [4.78, 5) is 23.9. The maximum atomic E-state index is 12.1. The van der Waals surface area contributed by atoms with Crippen molar-refractivity contribution in [2.75, 3.05) is 0 Å². The Morgan fingerprint density at radius 3 is 2.65 bits per heavy atom. The van der Waals surface area contributed by atoms with Gasteiger partial charge < -0.3 is 5.32 Å². The van der Waals surface area contributed by atoms with Gasteiger partial charge >= 0.3 is 0 Å². The highest BCUT2D eigenvalue weighted by Crippen LogP contribution is 2.18. The molecule has 1 heterocycles. The molecule has 0 spiro atoms. The second-order valence-corrected chi connectivity index (χ2v) is 5.26. The van der Waals surface area contributed by atoms with E-state index in [0.717, 1.165) is 10.4 Å². The first-order valence-electron chi connectivity index (χ1n) is 6.25. The Kier molecular flexibility index (Phi) is 4.85. The lowest BCUT2D eigenvalue weighted by Crippen LogP contribution is -2.22. The van der Waals surface area contributed by atoms with Crippen molar-refractivity contribution in [3.05, 3.63) is 63.9 Å². The fourth-order valence-corrected chi connectivity index (χ4v) is 2.49. The first-order valence-corrected chi connectivity index (χ1v) is 7.13. The van der Waals surface area contributed by atoms with Gasteiger partial charge in [0.25, 0.3) is 5.91 Å². The van der Waals surface area contributed by atoms with E-state index in [1.54, 1.807) is 12.1 Å². The van der Waals surface area contributed by atoms with Crippen molar-refractivity contribution >= 4 is 29.1 Å². The summed E-state index contributed by atoms with van der Waals surface area (Å²) < 4.78 is 0. The van der Waals surface area contributed by atoms with Gasteiger partial charge in [0, 0.05) is 11.4 Å². The molecule has 0 radical (unpaired) electrons. The molecule has 3 nitrogen and oxygen atoms in total. The zero-order chi connectivity index (χ0) is 14.4. The monoisotopic (exact) mass is 285 g/mol. The summed E-state index contributed by atoms with van der Waals surface area (Å²) in [6, 6.07) is 11.5. The van der Waals surface area contributed by atoms with Crippen LogP contribution in [0.3, 0.4) is 0 Å². The highest BCUT2D eigenvalue weighted by Gasteiger charge is 2.10. The average molecular weight is 285 g/mol. The van der Waals surface area contributed by atoms with Gasteiger partial charge in [-0.3, -0.25) is 9.59 Å². The third kappa shape index (κ3) is 3.90. The second-order valence-electron chi connectivity index (χ2n) is 4.31. The number of benzene rings is 1. The van der Waals surface area contributed by atoms with Crippen LogP contribution in [0.4, 0.5) is 0 Å². The van der Waals surface area contributed by atoms with Crippen LogP contribution >= 0.6 is 11.3 Å². The Bertz CT molecular complexity index is 629. The minimum absolute atomic E-state index is 0.0333. The summed E-state index contributed by atoms with van der Waals surface area (Å²) in [6.45, 7) is 1.98. The van der Waals surface area contributed by atoms with Gasteiger partial charge in [-0.1, -0.05) is 30.3 Å². The van der Waals surface area contributed by atoms with Gasteiger partial charge in [-0.15, -0.1) is 11.3 Å². The molecule has 102 valence electrons. The summed E-state index contributed by atoms with van der Waals surface area (Å²) in [5, 5.41) is 4.72.